The van der Waals surface area contributed by atoms with E-state index < -0.39 is 0 Å². The first-order chi connectivity index (χ1) is 8.90. The molecule has 20 heavy (non-hydrogen) atoms. The molecule has 3 N–H and O–H groups in total. The lowest BCUT2D eigenvalue weighted by molar-refractivity contribution is -0.140. The molecule has 0 aliphatic carbocycles. The van der Waals surface area contributed by atoms with Gasteiger partial charge in [0.15, 0.2) is 5.96 Å². The van der Waals surface area contributed by atoms with Crippen molar-refractivity contribution in [2.75, 3.05) is 27.2 Å². The monoisotopic (exact) mass is 396 g/mol. The van der Waals surface area contributed by atoms with Gasteiger partial charge in [-0.1, -0.05) is 12.2 Å². The lowest BCUT2D eigenvalue weighted by Crippen LogP contribution is -2.39. The normalized spacial score (nSPS) is 22.1. The molecule has 0 bridgehead atoms. The van der Waals surface area contributed by atoms with Gasteiger partial charge in [0, 0.05) is 20.6 Å². The fourth-order valence-electron chi connectivity index (χ4n) is 1.82. The molecule has 2 atom stereocenters. The molecule has 1 rings (SSSR count). The Morgan fingerprint density at radius 1 is 1.50 bits per heavy atom. The average molecular weight is 396 g/mol. The van der Waals surface area contributed by atoms with E-state index in [1.165, 1.54) is 0 Å². The Morgan fingerprint density at radius 3 is 2.70 bits per heavy atom. The minimum absolute atomic E-state index is 0. The summed E-state index contributed by atoms with van der Waals surface area (Å²) in [5.41, 5.74) is 6.67. The highest BCUT2D eigenvalue weighted by atomic mass is 127. The van der Waals surface area contributed by atoms with Gasteiger partial charge in [-0.3, -0.25) is 4.79 Å². The van der Waals surface area contributed by atoms with Gasteiger partial charge >= 0.3 is 0 Å². The number of carbonyl (C=O) groups is 1. The van der Waals surface area contributed by atoms with Gasteiger partial charge in [0.2, 0.25) is 0 Å². The maximum Gasteiger partial charge on any atom is 0.251 e. The maximum atomic E-state index is 11.7. The average Bonchev–Trinajstić information content (AvgIpc) is 2.81. The molecule has 6 nitrogen and oxygen atoms in total. The summed E-state index contributed by atoms with van der Waals surface area (Å²) in [6, 6.07) is 0. The quantitative estimate of drug-likeness (QED) is 0.311. The Morgan fingerprint density at radius 2 is 2.15 bits per heavy atom. The zero-order valence-electron chi connectivity index (χ0n) is 12.4. The van der Waals surface area contributed by atoms with E-state index >= 15 is 0 Å². The van der Waals surface area contributed by atoms with Crippen LogP contribution in [-0.4, -0.2) is 56.2 Å². The summed E-state index contributed by atoms with van der Waals surface area (Å²) in [5, 5.41) is 3.01. The Kier molecular flexibility index (Phi) is 8.79. The number of nitrogens with zero attached hydrogens (tertiary/aromatic N) is 2. The van der Waals surface area contributed by atoms with E-state index in [-0.39, 0.29) is 42.1 Å². The summed E-state index contributed by atoms with van der Waals surface area (Å²) < 4.78 is 5.68. The Hall–Kier alpha value is -0.830. The fraction of sp³-hybridized carbons (Fsp3) is 0.692. The predicted molar refractivity (Wildman–Crippen MR) is 91.3 cm³/mol. The Balaban J connectivity index is 0.00000361. The van der Waals surface area contributed by atoms with Crippen molar-refractivity contribution in [3.8, 4) is 0 Å². The highest BCUT2D eigenvalue weighted by Crippen LogP contribution is 2.20. The van der Waals surface area contributed by atoms with E-state index in [1.54, 1.807) is 19.0 Å². The first kappa shape index (κ1) is 19.2. The van der Waals surface area contributed by atoms with Gasteiger partial charge in [0.1, 0.15) is 6.10 Å². The van der Waals surface area contributed by atoms with Crippen LogP contribution in [-0.2, 0) is 9.53 Å². The lowest BCUT2D eigenvalue weighted by Gasteiger charge is -2.17. The zero-order valence-corrected chi connectivity index (χ0v) is 14.7. The van der Waals surface area contributed by atoms with Crippen LogP contribution >= 0.6 is 24.0 Å². The number of aliphatic imine (C=N–C) groups is 1. The molecule has 1 amide bonds. The highest BCUT2D eigenvalue weighted by Gasteiger charge is 2.31. The third kappa shape index (κ3) is 6.56. The largest absolute Gasteiger partial charge is 0.370 e. The first-order valence-electron chi connectivity index (χ1n) is 6.45. The van der Waals surface area contributed by atoms with Crippen LogP contribution in [0.25, 0.3) is 0 Å². The molecule has 1 fully saturated rings. The van der Waals surface area contributed by atoms with Crippen LogP contribution in [0.15, 0.2) is 17.1 Å². The molecule has 1 saturated heterocycles. The van der Waals surface area contributed by atoms with Crippen molar-refractivity contribution in [3.05, 3.63) is 12.2 Å². The van der Waals surface area contributed by atoms with E-state index in [1.807, 2.05) is 6.92 Å². The summed E-state index contributed by atoms with van der Waals surface area (Å²) in [6.45, 7) is 6.74. The van der Waals surface area contributed by atoms with Crippen molar-refractivity contribution in [1.29, 1.82) is 0 Å². The molecule has 0 aromatic carbocycles. The second-order valence-corrected chi connectivity index (χ2v) is 5.10. The molecule has 2 unspecified atom stereocenters. The van der Waals surface area contributed by atoms with Gasteiger partial charge in [-0.15, -0.1) is 24.0 Å². The summed E-state index contributed by atoms with van der Waals surface area (Å²) in [5.74, 6) is 0.403. The molecule has 1 aliphatic rings. The lowest BCUT2D eigenvalue weighted by atomic mass is 10.2. The number of nitrogens with one attached hydrogen (secondary N) is 1. The van der Waals surface area contributed by atoms with Crippen LogP contribution in [0.4, 0.5) is 0 Å². The number of amides is 1. The topological polar surface area (TPSA) is 79.9 Å². The van der Waals surface area contributed by atoms with E-state index in [9.17, 15) is 4.79 Å². The molecule has 1 heterocycles. The van der Waals surface area contributed by atoms with Crippen LogP contribution < -0.4 is 11.1 Å². The maximum absolute atomic E-state index is 11.7. The van der Waals surface area contributed by atoms with Gasteiger partial charge < -0.3 is 20.7 Å². The number of hydrogen-bond acceptors (Lipinski definition) is 3. The Bertz CT molecular complexity index is 371. The molecule has 0 aromatic heterocycles. The Labute approximate surface area is 137 Å². The summed E-state index contributed by atoms with van der Waals surface area (Å²) in [4.78, 5) is 17.4. The molecule has 7 heteroatoms. The number of hydrogen-bond donors (Lipinski definition) is 2. The van der Waals surface area contributed by atoms with Crippen LogP contribution in [0.5, 0.6) is 0 Å². The van der Waals surface area contributed by atoms with Gasteiger partial charge in [-0.25, -0.2) is 4.99 Å². The second kappa shape index (κ2) is 9.17. The van der Waals surface area contributed by atoms with Crippen LogP contribution in [0, 0.1) is 0 Å². The van der Waals surface area contributed by atoms with Crippen molar-refractivity contribution in [3.63, 3.8) is 0 Å². The minimum atomic E-state index is -0.324. The van der Waals surface area contributed by atoms with E-state index in [0.29, 0.717) is 19.0 Å². The highest BCUT2D eigenvalue weighted by molar-refractivity contribution is 14.0. The zero-order chi connectivity index (χ0) is 14.4. The van der Waals surface area contributed by atoms with E-state index in [0.717, 1.165) is 18.4 Å². The molecule has 0 radical (unpaired) electrons. The third-order valence-electron chi connectivity index (χ3n) is 2.85. The summed E-state index contributed by atoms with van der Waals surface area (Å²) >= 11 is 0. The van der Waals surface area contributed by atoms with Crippen LogP contribution in [0.3, 0.4) is 0 Å². The van der Waals surface area contributed by atoms with Crippen molar-refractivity contribution in [2.45, 2.75) is 32.0 Å². The predicted octanol–water partition coefficient (Wildman–Crippen LogP) is 0.721. The number of likely N-dealkylation sites (N-methyl/N-ethyl adjacent to an activating group) is 1. The van der Waals surface area contributed by atoms with Gasteiger partial charge in [-0.2, -0.15) is 0 Å². The standard InChI is InChI=1S/C13H24N4O2.HI/c1-9(2)7-15-13(14)16-8-10-5-6-11(19-10)12(18)17(3)4;/h10-11H,1,5-8H2,2-4H3,(H3,14,15,16);1H. The van der Waals surface area contributed by atoms with Crippen LogP contribution in [0.1, 0.15) is 19.8 Å². The number of rotatable bonds is 5. The SMILES string of the molecule is C=C(C)CN=C(N)NCC1CCC(C(=O)N(C)C)O1.I. The summed E-state index contributed by atoms with van der Waals surface area (Å²) in [6.07, 6.45) is 1.29. The number of guanidine groups is 1. The van der Waals surface area contributed by atoms with Crippen molar-refractivity contribution >= 4 is 35.8 Å². The number of halogens is 1. The first-order valence-corrected chi connectivity index (χ1v) is 6.45. The van der Waals surface area contributed by atoms with Gasteiger partial charge in [-0.05, 0) is 19.8 Å². The molecule has 0 aromatic rings. The van der Waals surface area contributed by atoms with Crippen molar-refractivity contribution < 1.29 is 9.53 Å². The number of carbonyl (C=O) groups excluding carboxylic acids is 1. The molecule has 0 spiro atoms. The molecular formula is C13H25IN4O2. The van der Waals surface area contributed by atoms with Crippen molar-refractivity contribution in [1.82, 2.24) is 10.2 Å². The van der Waals surface area contributed by atoms with Crippen LogP contribution in [0.2, 0.25) is 0 Å². The van der Waals surface area contributed by atoms with E-state index in [2.05, 4.69) is 16.9 Å². The molecular weight excluding hydrogens is 371 g/mol. The smallest absolute Gasteiger partial charge is 0.251 e. The summed E-state index contributed by atoms with van der Waals surface area (Å²) in [7, 11) is 3.47. The third-order valence-corrected chi connectivity index (χ3v) is 2.85. The minimum Gasteiger partial charge on any atom is -0.370 e. The molecule has 1 aliphatic heterocycles. The molecule has 0 saturated carbocycles. The van der Waals surface area contributed by atoms with E-state index in [4.69, 9.17) is 10.5 Å². The fourth-order valence-corrected chi connectivity index (χ4v) is 1.82. The molecule has 116 valence electrons. The van der Waals surface area contributed by atoms with Gasteiger partial charge in [0.25, 0.3) is 5.91 Å². The van der Waals surface area contributed by atoms with Gasteiger partial charge in [0.05, 0.1) is 12.6 Å². The second-order valence-electron chi connectivity index (χ2n) is 5.10. The number of nitrogens with two attached hydrogens (primary N) is 1. The number of ether oxygens (including phenoxy) is 1. The van der Waals surface area contributed by atoms with Crippen molar-refractivity contribution in [2.24, 2.45) is 10.7 Å².